The van der Waals surface area contributed by atoms with Crippen LogP contribution in [-0.2, 0) is 19.2 Å². The number of benzene rings is 1. The summed E-state index contributed by atoms with van der Waals surface area (Å²) >= 11 is 1.85. The number of thioether (sulfide) groups is 1. The van der Waals surface area contributed by atoms with Gasteiger partial charge in [0, 0.05) is 24.4 Å². The number of hydrogen-bond donors (Lipinski definition) is 1. The molecule has 1 heterocycles. The van der Waals surface area contributed by atoms with Crippen LogP contribution < -0.4 is 5.73 Å². The third kappa shape index (κ3) is 4.11. The molecule has 4 heteroatoms. The van der Waals surface area contributed by atoms with Gasteiger partial charge in [0.25, 0.3) is 0 Å². The highest BCUT2D eigenvalue weighted by atomic mass is 32.2. The average molecular weight is 303 g/mol. The molecular formula is C17H25N3S. The summed E-state index contributed by atoms with van der Waals surface area (Å²) < 4.78 is 1.99. The van der Waals surface area contributed by atoms with Gasteiger partial charge in [-0.3, -0.25) is 4.68 Å². The smallest absolute Gasteiger partial charge is 0.0975 e. The lowest BCUT2D eigenvalue weighted by Crippen LogP contribution is -2.18. The largest absolute Gasteiger partial charge is 0.328 e. The van der Waals surface area contributed by atoms with E-state index in [1.54, 1.807) is 0 Å². The summed E-state index contributed by atoms with van der Waals surface area (Å²) in [6, 6.07) is 6.89. The molecule has 3 nitrogen and oxygen atoms in total. The highest BCUT2D eigenvalue weighted by molar-refractivity contribution is 7.98. The fourth-order valence-electron chi connectivity index (χ4n) is 2.72. The van der Waals surface area contributed by atoms with E-state index in [1.807, 2.05) is 30.4 Å². The monoisotopic (exact) mass is 303 g/mol. The maximum absolute atomic E-state index is 5.97. The zero-order valence-electron chi connectivity index (χ0n) is 13.6. The molecule has 0 saturated heterocycles. The molecule has 21 heavy (non-hydrogen) atoms. The Kier molecular flexibility index (Phi) is 5.12. The molecule has 0 aliphatic heterocycles. The fourth-order valence-corrected chi connectivity index (χ4v) is 3.83. The van der Waals surface area contributed by atoms with E-state index in [4.69, 9.17) is 5.73 Å². The van der Waals surface area contributed by atoms with Crippen LogP contribution in [0.25, 0.3) is 0 Å². The number of nitrogens with two attached hydrogens (primary N) is 1. The molecular weight excluding hydrogens is 278 g/mol. The first-order chi connectivity index (χ1) is 9.86. The minimum Gasteiger partial charge on any atom is -0.328 e. The van der Waals surface area contributed by atoms with Crippen LogP contribution in [0.1, 0.15) is 34.9 Å². The normalized spacial score (nSPS) is 12.7. The molecule has 1 aromatic heterocycles. The molecule has 0 amide bonds. The molecule has 0 radical (unpaired) electrons. The lowest BCUT2D eigenvalue weighted by atomic mass is 10.1. The molecule has 0 fully saturated rings. The summed E-state index contributed by atoms with van der Waals surface area (Å²) in [6.45, 7) is 8.41. The highest BCUT2D eigenvalue weighted by Gasteiger charge is 2.15. The number of aromatic nitrogens is 2. The van der Waals surface area contributed by atoms with Crippen LogP contribution >= 0.6 is 11.8 Å². The summed E-state index contributed by atoms with van der Waals surface area (Å²) in [5.74, 6) is 0.966. The van der Waals surface area contributed by atoms with E-state index < -0.39 is 0 Å². The van der Waals surface area contributed by atoms with Crippen molar-refractivity contribution >= 4 is 11.8 Å². The van der Waals surface area contributed by atoms with Crippen molar-refractivity contribution in [2.75, 3.05) is 0 Å². The summed E-state index contributed by atoms with van der Waals surface area (Å²) in [4.78, 5) is 0. The van der Waals surface area contributed by atoms with Gasteiger partial charge >= 0.3 is 0 Å². The van der Waals surface area contributed by atoms with Gasteiger partial charge in [-0.15, -0.1) is 11.8 Å². The quantitative estimate of drug-likeness (QED) is 0.859. The van der Waals surface area contributed by atoms with Gasteiger partial charge in [0.1, 0.15) is 0 Å². The van der Waals surface area contributed by atoms with Gasteiger partial charge in [-0.05, 0) is 39.7 Å². The Balaban J connectivity index is 2.19. The standard InChI is InChI=1S/C17H25N3S/c1-11-6-12(2)8-15(7-11)10-21-17-16(9-13(3)18)14(4)19-20(17)5/h6-8,13H,9-10,18H2,1-5H3. The van der Waals surface area contributed by atoms with E-state index in [-0.39, 0.29) is 6.04 Å². The number of rotatable bonds is 5. The topological polar surface area (TPSA) is 43.8 Å². The van der Waals surface area contributed by atoms with Crippen LogP contribution in [0.15, 0.2) is 23.2 Å². The molecule has 0 saturated carbocycles. The Bertz CT molecular complexity index is 609. The highest BCUT2D eigenvalue weighted by Crippen LogP contribution is 2.29. The van der Waals surface area contributed by atoms with Gasteiger partial charge in [-0.25, -0.2) is 0 Å². The van der Waals surface area contributed by atoms with E-state index in [2.05, 4.69) is 44.1 Å². The summed E-state index contributed by atoms with van der Waals surface area (Å²) in [5, 5.41) is 5.79. The van der Waals surface area contributed by atoms with Crippen molar-refractivity contribution in [3.63, 3.8) is 0 Å². The van der Waals surface area contributed by atoms with Crippen molar-refractivity contribution in [1.29, 1.82) is 0 Å². The van der Waals surface area contributed by atoms with Crippen molar-refractivity contribution in [2.24, 2.45) is 12.8 Å². The van der Waals surface area contributed by atoms with Crippen LogP contribution in [0.2, 0.25) is 0 Å². The molecule has 114 valence electrons. The van der Waals surface area contributed by atoms with Crippen molar-refractivity contribution < 1.29 is 0 Å². The predicted molar refractivity (Wildman–Crippen MR) is 90.8 cm³/mol. The van der Waals surface area contributed by atoms with Gasteiger partial charge < -0.3 is 5.73 Å². The number of hydrogen-bond acceptors (Lipinski definition) is 3. The van der Waals surface area contributed by atoms with Crippen LogP contribution in [0.5, 0.6) is 0 Å². The molecule has 0 bridgehead atoms. The van der Waals surface area contributed by atoms with Gasteiger partial charge in [-0.2, -0.15) is 5.10 Å². The maximum Gasteiger partial charge on any atom is 0.0975 e. The number of aryl methyl sites for hydroxylation is 4. The van der Waals surface area contributed by atoms with E-state index in [0.717, 1.165) is 17.9 Å². The molecule has 1 unspecified atom stereocenters. The SMILES string of the molecule is Cc1cc(C)cc(CSc2c(CC(C)N)c(C)nn2C)c1. The fraction of sp³-hybridized carbons (Fsp3) is 0.471. The second kappa shape index (κ2) is 6.67. The molecule has 2 aromatic rings. The van der Waals surface area contributed by atoms with Crippen LogP contribution in [0, 0.1) is 20.8 Å². The lowest BCUT2D eigenvalue weighted by Gasteiger charge is -2.09. The maximum atomic E-state index is 5.97. The van der Waals surface area contributed by atoms with Gasteiger partial charge in [0.05, 0.1) is 10.7 Å². The molecule has 1 aromatic carbocycles. The van der Waals surface area contributed by atoms with Crippen molar-refractivity contribution in [1.82, 2.24) is 9.78 Å². The Morgan fingerprint density at radius 2 is 1.81 bits per heavy atom. The molecule has 2 N–H and O–H groups in total. The van der Waals surface area contributed by atoms with Gasteiger partial charge in [0.2, 0.25) is 0 Å². The van der Waals surface area contributed by atoms with Crippen molar-refractivity contribution in [3.05, 3.63) is 46.1 Å². The minimum atomic E-state index is 0.161. The Hall–Kier alpha value is -1.26. The third-order valence-corrected chi connectivity index (χ3v) is 4.73. The Morgan fingerprint density at radius 3 is 2.38 bits per heavy atom. The minimum absolute atomic E-state index is 0.161. The summed E-state index contributed by atoms with van der Waals surface area (Å²) in [7, 11) is 2.02. The lowest BCUT2D eigenvalue weighted by molar-refractivity contribution is 0.677. The van der Waals surface area contributed by atoms with Crippen LogP contribution in [0.4, 0.5) is 0 Å². The zero-order valence-corrected chi connectivity index (χ0v) is 14.4. The molecule has 0 spiro atoms. The third-order valence-electron chi connectivity index (χ3n) is 3.47. The Morgan fingerprint density at radius 1 is 1.19 bits per heavy atom. The predicted octanol–water partition coefficient (Wildman–Crippen LogP) is 3.53. The van der Waals surface area contributed by atoms with E-state index in [1.165, 1.54) is 27.3 Å². The average Bonchev–Trinajstić information content (AvgIpc) is 2.60. The molecule has 0 aliphatic rings. The zero-order chi connectivity index (χ0) is 15.6. The Labute approximate surface area is 131 Å². The summed E-state index contributed by atoms with van der Waals surface area (Å²) in [6.07, 6.45) is 0.884. The van der Waals surface area contributed by atoms with E-state index >= 15 is 0 Å². The van der Waals surface area contributed by atoms with E-state index in [0.29, 0.717) is 0 Å². The first-order valence-electron chi connectivity index (χ1n) is 7.35. The van der Waals surface area contributed by atoms with Crippen molar-refractivity contribution in [2.45, 2.75) is 50.9 Å². The second-order valence-corrected chi connectivity index (χ2v) is 6.92. The number of nitrogens with zero attached hydrogens (tertiary/aromatic N) is 2. The van der Waals surface area contributed by atoms with Gasteiger partial charge in [-0.1, -0.05) is 29.3 Å². The summed E-state index contributed by atoms with van der Waals surface area (Å²) in [5.41, 5.74) is 12.4. The second-order valence-electron chi connectivity index (χ2n) is 5.96. The van der Waals surface area contributed by atoms with Crippen molar-refractivity contribution in [3.8, 4) is 0 Å². The van der Waals surface area contributed by atoms with Gasteiger partial charge in [0.15, 0.2) is 0 Å². The first kappa shape index (κ1) is 16.1. The first-order valence-corrected chi connectivity index (χ1v) is 8.33. The van der Waals surface area contributed by atoms with E-state index in [9.17, 15) is 0 Å². The molecule has 2 rings (SSSR count). The van der Waals surface area contributed by atoms with Crippen LogP contribution in [0.3, 0.4) is 0 Å². The van der Waals surface area contributed by atoms with Crippen LogP contribution in [-0.4, -0.2) is 15.8 Å². The molecule has 1 atom stereocenters. The molecule has 0 aliphatic carbocycles.